The summed E-state index contributed by atoms with van der Waals surface area (Å²) in [5, 5.41) is 11.2. The lowest BCUT2D eigenvalue weighted by atomic mass is 10.1. The first-order valence-corrected chi connectivity index (χ1v) is 8.36. The number of furan rings is 1. The zero-order valence-corrected chi connectivity index (χ0v) is 15.1. The maximum atomic E-state index is 11.2. The summed E-state index contributed by atoms with van der Waals surface area (Å²) >= 11 is 0. The van der Waals surface area contributed by atoms with Crippen LogP contribution < -0.4 is 4.74 Å². The number of aromatic nitrogens is 2. The van der Waals surface area contributed by atoms with Gasteiger partial charge in [-0.3, -0.25) is 10.1 Å². The van der Waals surface area contributed by atoms with Gasteiger partial charge in [-0.15, -0.1) is 0 Å². The van der Waals surface area contributed by atoms with Crippen molar-refractivity contribution in [3.8, 4) is 28.7 Å². The normalized spacial score (nSPS) is 11.1. The highest BCUT2D eigenvalue weighted by atomic mass is 16.6. The summed E-state index contributed by atoms with van der Waals surface area (Å²) in [6, 6.07) is 12.4. The molecule has 0 aliphatic rings. The summed E-state index contributed by atoms with van der Waals surface area (Å²) in [6.45, 7) is 4.05. The second-order valence-corrected chi connectivity index (χ2v) is 6.37. The summed E-state index contributed by atoms with van der Waals surface area (Å²) in [5.74, 6) is 1.91. The molecule has 2 aromatic heterocycles. The van der Waals surface area contributed by atoms with Crippen molar-refractivity contribution in [3.63, 3.8) is 0 Å². The highest BCUT2D eigenvalue weighted by Gasteiger charge is 2.18. The van der Waals surface area contributed by atoms with E-state index in [9.17, 15) is 10.1 Å². The van der Waals surface area contributed by atoms with Crippen LogP contribution in [-0.4, -0.2) is 22.0 Å². The number of ether oxygens (including phenoxy) is 1. The predicted molar refractivity (Wildman–Crippen MR) is 102 cm³/mol. The Kier molecular flexibility index (Phi) is 3.92. The van der Waals surface area contributed by atoms with Crippen molar-refractivity contribution in [3.05, 3.63) is 63.7 Å². The number of hydrogen-bond donors (Lipinski definition) is 1. The van der Waals surface area contributed by atoms with E-state index < -0.39 is 4.92 Å². The Hall–Kier alpha value is -3.61. The number of rotatable bonds is 4. The third kappa shape index (κ3) is 2.93. The summed E-state index contributed by atoms with van der Waals surface area (Å²) in [5.41, 5.74) is 4.57. The molecule has 0 saturated heterocycles. The molecule has 27 heavy (non-hydrogen) atoms. The van der Waals surface area contributed by atoms with Gasteiger partial charge in [-0.1, -0.05) is 6.07 Å². The Bertz CT molecular complexity index is 1170. The summed E-state index contributed by atoms with van der Waals surface area (Å²) in [4.78, 5) is 18.7. The average Bonchev–Trinajstić information content (AvgIpc) is 3.28. The van der Waals surface area contributed by atoms with Gasteiger partial charge in [-0.05, 0) is 55.3 Å². The first-order chi connectivity index (χ1) is 13.0. The van der Waals surface area contributed by atoms with Crippen LogP contribution in [0.3, 0.4) is 0 Å². The SMILES string of the molecule is COc1ccc(-c2ccc(-c3nc4c(C)cc(C)cc4[nH]3)o2)cc1[N+](=O)[O-]. The van der Waals surface area contributed by atoms with E-state index in [0.29, 0.717) is 22.9 Å². The molecule has 0 bridgehead atoms. The largest absolute Gasteiger partial charge is 0.490 e. The van der Waals surface area contributed by atoms with Crippen molar-refractivity contribution in [2.75, 3.05) is 7.11 Å². The maximum absolute atomic E-state index is 11.2. The van der Waals surface area contributed by atoms with Crippen molar-refractivity contribution >= 4 is 16.7 Å². The number of aryl methyl sites for hydroxylation is 2. The van der Waals surface area contributed by atoms with Gasteiger partial charge in [-0.2, -0.15) is 0 Å². The molecule has 0 saturated carbocycles. The van der Waals surface area contributed by atoms with Crippen LogP contribution in [0.15, 0.2) is 46.9 Å². The number of fused-ring (bicyclic) bond motifs is 1. The Balaban J connectivity index is 1.75. The van der Waals surface area contributed by atoms with Crippen LogP contribution in [0.5, 0.6) is 5.75 Å². The van der Waals surface area contributed by atoms with Crippen molar-refractivity contribution in [1.29, 1.82) is 0 Å². The third-order valence-electron chi connectivity index (χ3n) is 4.42. The fraction of sp³-hybridized carbons (Fsp3) is 0.150. The molecule has 2 heterocycles. The number of aromatic amines is 1. The lowest BCUT2D eigenvalue weighted by Gasteiger charge is -2.03. The molecular weight excluding hydrogens is 346 g/mol. The van der Waals surface area contributed by atoms with Crippen LogP contribution in [0.2, 0.25) is 0 Å². The second kappa shape index (κ2) is 6.28. The van der Waals surface area contributed by atoms with Gasteiger partial charge in [0, 0.05) is 11.6 Å². The molecule has 0 unspecified atom stereocenters. The van der Waals surface area contributed by atoms with E-state index in [1.165, 1.54) is 13.2 Å². The third-order valence-corrected chi connectivity index (χ3v) is 4.42. The molecule has 0 aliphatic carbocycles. The van der Waals surface area contributed by atoms with Gasteiger partial charge in [0.05, 0.1) is 23.1 Å². The van der Waals surface area contributed by atoms with E-state index >= 15 is 0 Å². The maximum Gasteiger partial charge on any atom is 0.311 e. The quantitative estimate of drug-likeness (QED) is 0.406. The Morgan fingerprint density at radius 2 is 1.89 bits per heavy atom. The molecule has 7 heteroatoms. The van der Waals surface area contributed by atoms with Gasteiger partial charge < -0.3 is 14.1 Å². The summed E-state index contributed by atoms with van der Waals surface area (Å²) in [7, 11) is 1.40. The standard InChI is InChI=1S/C20H17N3O4/c1-11-8-12(2)19-14(9-11)21-20(22-19)18-7-6-16(27-18)13-4-5-17(26-3)15(10-13)23(24)25/h4-10H,1-3H3,(H,21,22). The molecule has 0 aliphatic heterocycles. The number of nitrogens with zero attached hydrogens (tertiary/aromatic N) is 2. The van der Waals surface area contributed by atoms with E-state index in [0.717, 1.165) is 22.2 Å². The van der Waals surface area contributed by atoms with Crippen molar-refractivity contribution < 1.29 is 14.1 Å². The highest BCUT2D eigenvalue weighted by Crippen LogP contribution is 2.34. The Morgan fingerprint density at radius 1 is 1.11 bits per heavy atom. The lowest BCUT2D eigenvalue weighted by Crippen LogP contribution is -1.93. The van der Waals surface area contributed by atoms with Crippen molar-refractivity contribution in [2.24, 2.45) is 0 Å². The van der Waals surface area contributed by atoms with Crippen LogP contribution >= 0.6 is 0 Å². The molecule has 0 radical (unpaired) electrons. The minimum atomic E-state index is -0.476. The van der Waals surface area contributed by atoms with Crippen LogP contribution in [0.25, 0.3) is 33.9 Å². The smallest absolute Gasteiger partial charge is 0.311 e. The summed E-state index contributed by atoms with van der Waals surface area (Å²) < 4.78 is 10.9. The molecule has 0 amide bonds. The number of benzene rings is 2. The van der Waals surface area contributed by atoms with Crippen LogP contribution in [0, 0.1) is 24.0 Å². The minimum Gasteiger partial charge on any atom is -0.490 e. The number of nitro benzene ring substituents is 1. The zero-order chi connectivity index (χ0) is 19.1. The van der Waals surface area contributed by atoms with Gasteiger partial charge >= 0.3 is 5.69 Å². The molecule has 0 fully saturated rings. The molecule has 4 aromatic rings. The molecule has 7 nitrogen and oxygen atoms in total. The molecule has 1 N–H and O–H groups in total. The Morgan fingerprint density at radius 3 is 2.63 bits per heavy atom. The van der Waals surface area contributed by atoms with Crippen molar-refractivity contribution in [1.82, 2.24) is 9.97 Å². The van der Waals surface area contributed by atoms with E-state index in [-0.39, 0.29) is 11.4 Å². The first kappa shape index (κ1) is 16.8. The second-order valence-electron chi connectivity index (χ2n) is 6.37. The van der Waals surface area contributed by atoms with E-state index in [2.05, 4.69) is 16.0 Å². The molecule has 2 aromatic carbocycles. The minimum absolute atomic E-state index is 0.109. The monoisotopic (exact) mass is 363 g/mol. The number of hydrogen-bond acceptors (Lipinski definition) is 5. The number of nitro groups is 1. The fourth-order valence-electron chi connectivity index (χ4n) is 3.19. The number of nitrogens with one attached hydrogen (secondary N) is 1. The number of H-pyrrole nitrogens is 1. The lowest BCUT2D eigenvalue weighted by molar-refractivity contribution is -0.385. The van der Waals surface area contributed by atoms with Crippen LogP contribution in [0.4, 0.5) is 5.69 Å². The topological polar surface area (TPSA) is 94.2 Å². The van der Waals surface area contributed by atoms with Gasteiger partial charge in [0.1, 0.15) is 5.76 Å². The fourth-order valence-corrected chi connectivity index (χ4v) is 3.19. The zero-order valence-electron chi connectivity index (χ0n) is 15.1. The number of methoxy groups -OCH3 is 1. The molecule has 4 rings (SSSR count). The first-order valence-electron chi connectivity index (χ1n) is 8.36. The number of imidazole rings is 1. The van der Waals surface area contributed by atoms with E-state index in [4.69, 9.17) is 9.15 Å². The van der Waals surface area contributed by atoms with Gasteiger partial charge in [-0.25, -0.2) is 4.98 Å². The van der Waals surface area contributed by atoms with Gasteiger partial charge in [0.15, 0.2) is 17.3 Å². The molecule has 0 atom stereocenters. The average molecular weight is 363 g/mol. The highest BCUT2D eigenvalue weighted by molar-refractivity contribution is 5.82. The van der Waals surface area contributed by atoms with Crippen molar-refractivity contribution in [2.45, 2.75) is 13.8 Å². The molecule has 0 spiro atoms. The molecular formula is C20H17N3O4. The van der Waals surface area contributed by atoms with E-state index in [1.54, 1.807) is 24.3 Å². The van der Waals surface area contributed by atoms with Crippen LogP contribution in [0.1, 0.15) is 11.1 Å². The Labute approximate surface area is 154 Å². The van der Waals surface area contributed by atoms with Gasteiger partial charge in [0.2, 0.25) is 0 Å². The van der Waals surface area contributed by atoms with Gasteiger partial charge in [0.25, 0.3) is 0 Å². The predicted octanol–water partition coefficient (Wildman–Crippen LogP) is 5.02. The molecule has 136 valence electrons. The van der Waals surface area contributed by atoms with E-state index in [1.807, 2.05) is 19.9 Å². The van der Waals surface area contributed by atoms with Crippen LogP contribution in [-0.2, 0) is 0 Å². The summed E-state index contributed by atoms with van der Waals surface area (Å²) in [6.07, 6.45) is 0.